The van der Waals surface area contributed by atoms with Gasteiger partial charge in [0.1, 0.15) is 0 Å². The quantitative estimate of drug-likeness (QED) is 0.911. The van der Waals surface area contributed by atoms with Gasteiger partial charge in [0, 0.05) is 18.3 Å². The maximum Gasteiger partial charge on any atom is 0.223 e. The van der Waals surface area contributed by atoms with Crippen LogP contribution in [-0.2, 0) is 11.3 Å². The Labute approximate surface area is 111 Å². The van der Waals surface area contributed by atoms with Gasteiger partial charge >= 0.3 is 0 Å². The molecule has 96 valence electrons. The lowest BCUT2D eigenvalue weighted by Crippen LogP contribution is -2.32. The standard InChI is InChI=1S/C13H16ClN3O/c14-12-11(15-3-4-16-12)7-17-13(18)9-2-1-8-5-10(8)6-9/h3-4,8-10H,1-2,5-7H2,(H,17,18). The molecule has 4 nitrogen and oxygen atoms in total. The Morgan fingerprint density at radius 2 is 2.11 bits per heavy atom. The van der Waals surface area contributed by atoms with Crippen molar-refractivity contribution >= 4 is 17.5 Å². The van der Waals surface area contributed by atoms with Crippen molar-refractivity contribution in [3.05, 3.63) is 23.2 Å². The van der Waals surface area contributed by atoms with Gasteiger partial charge in [-0.3, -0.25) is 9.78 Å². The van der Waals surface area contributed by atoms with Crippen molar-refractivity contribution in [3.63, 3.8) is 0 Å². The van der Waals surface area contributed by atoms with Crippen molar-refractivity contribution < 1.29 is 4.79 Å². The van der Waals surface area contributed by atoms with E-state index in [9.17, 15) is 4.79 Å². The van der Waals surface area contributed by atoms with E-state index < -0.39 is 0 Å². The summed E-state index contributed by atoms with van der Waals surface area (Å²) in [5.41, 5.74) is 0.632. The smallest absolute Gasteiger partial charge is 0.223 e. The number of hydrogen-bond acceptors (Lipinski definition) is 3. The maximum absolute atomic E-state index is 12.0. The zero-order valence-corrected chi connectivity index (χ0v) is 10.9. The minimum absolute atomic E-state index is 0.141. The summed E-state index contributed by atoms with van der Waals surface area (Å²) in [6.45, 7) is 0.371. The van der Waals surface area contributed by atoms with Crippen LogP contribution < -0.4 is 5.32 Å². The first-order valence-electron chi connectivity index (χ1n) is 6.47. The van der Waals surface area contributed by atoms with Crippen molar-refractivity contribution in [1.29, 1.82) is 0 Å². The Balaban J connectivity index is 1.53. The zero-order valence-electron chi connectivity index (χ0n) is 10.1. The van der Waals surface area contributed by atoms with E-state index in [1.165, 1.54) is 12.8 Å². The van der Waals surface area contributed by atoms with Gasteiger partial charge in [-0.05, 0) is 37.5 Å². The molecule has 0 bridgehead atoms. The monoisotopic (exact) mass is 265 g/mol. The third-order valence-electron chi connectivity index (χ3n) is 4.07. The van der Waals surface area contributed by atoms with Crippen molar-refractivity contribution in [2.45, 2.75) is 32.2 Å². The number of carbonyl (C=O) groups excluding carboxylic acids is 1. The Hall–Kier alpha value is -1.16. The number of hydrogen-bond donors (Lipinski definition) is 1. The van der Waals surface area contributed by atoms with Crippen LogP contribution in [0.3, 0.4) is 0 Å². The molecule has 1 heterocycles. The SMILES string of the molecule is O=C(NCc1nccnc1Cl)C1CCC2CC2C1. The highest BCUT2D eigenvalue weighted by molar-refractivity contribution is 6.29. The van der Waals surface area contributed by atoms with E-state index in [-0.39, 0.29) is 11.8 Å². The van der Waals surface area contributed by atoms with Crippen LogP contribution in [0.2, 0.25) is 5.15 Å². The number of nitrogens with zero attached hydrogens (tertiary/aromatic N) is 2. The van der Waals surface area contributed by atoms with Gasteiger partial charge in [-0.15, -0.1) is 0 Å². The summed E-state index contributed by atoms with van der Waals surface area (Å²) in [5.74, 6) is 2.06. The summed E-state index contributed by atoms with van der Waals surface area (Å²) < 4.78 is 0. The summed E-state index contributed by atoms with van der Waals surface area (Å²) in [6.07, 6.45) is 7.77. The molecule has 0 spiro atoms. The molecule has 0 aromatic carbocycles. The molecule has 2 fully saturated rings. The molecule has 1 N–H and O–H groups in total. The lowest BCUT2D eigenvalue weighted by Gasteiger charge is -2.20. The van der Waals surface area contributed by atoms with E-state index >= 15 is 0 Å². The topological polar surface area (TPSA) is 54.9 Å². The predicted octanol–water partition coefficient (Wildman–Crippen LogP) is 2.18. The number of carbonyl (C=O) groups is 1. The molecular formula is C13H16ClN3O. The van der Waals surface area contributed by atoms with Crippen molar-refractivity contribution in [3.8, 4) is 0 Å². The van der Waals surface area contributed by atoms with Gasteiger partial charge in [-0.25, -0.2) is 4.98 Å². The molecule has 1 aromatic heterocycles. The van der Waals surface area contributed by atoms with Crippen LogP contribution >= 0.6 is 11.6 Å². The van der Waals surface area contributed by atoms with Crippen molar-refractivity contribution in [2.24, 2.45) is 17.8 Å². The fraction of sp³-hybridized carbons (Fsp3) is 0.615. The molecule has 1 aromatic rings. The van der Waals surface area contributed by atoms with Gasteiger partial charge in [0.05, 0.1) is 12.2 Å². The third kappa shape index (κ3) is 2.48. The van der Waals surface area contributed by atoms with Gasteiger partial charge in [0.25, 0.3) is 0 Å². The molecule has 5 heteroatoms. The number of fused-ring (bicyclic) bond motifs is 1. The van der Waals surface area contributed by atoms with Gasteiger partial charge in [0.15, 0.2) is 5.15 Å². The normalized spacial score (nSPS) is 29.5. The Morgan fingerprint density at radius 1 is 1.28 bits per heavy atom. The average molecular weight is 266 g/mol. The molecule has 0 radical (unpaired) electrons. The second-order valence-electron chi connectivity index (χ2n) is 5.28. The van der Waals surface area contributed by atoms with Gasteiger partial charge in [-0.1, -0.05) is 11.6 Å². The largest absolute Gasteiger partial charge is 0.350 e. The van der Waals surface area contributed by atoms with Gasteiger partial charge < -0.3 is 5.32 Å². The molecule has 3 rings (SSSR count). The van der Waals surface area contributed by atoms with Gasteiger partial charge in [0.2, 0.25) is 5.91 Å². The second kappa shape index (κ2) is 4.84. The molecular weight excluding hydrogens is 250 g/mol. The van der Waals surface area contributed by atoms with Crippen LogP contribution in [0.25, 0.3) is 0 Å². The second-order valence-corrected chi connectivity index (χ2v) is 5.64. The average Bonchev–Trinajstić information content (AvgIpc) is 3.15. The number of halogens is 1. The van der Waals surface area contributed by atoms with E-state index in [1.807, 2.05) is 0 Å². The van der Waals surface area contributed by atoms with Crippen LogP contribution in [0, 0.1) is 17.8 Å². The maximum atomic E-state index is 12.0. The summed E-state index contributed by atoms with van der Waals surface area (Å²) in [6, 6.07) is 0. The summed E-state index contributed by atoms with van der Waals surface area (Å²) >= 11 is 5.90. The highest BCUT2D eigenvalue weighted by Crippen LogP contribution is 2.51. The first kappa shape index (κ1) is 11.9. The van der Waals surface area contributed by atoms with Crippen LogP contribution in [0.15, 0.2) is 12.4 Å². The lowest BCUT2D eigenvalue weighted by atomic mass is 9.88. The minimum Gasteiger partial charge on any atom is -0.350 e. The summed E-state index contributed by atoms with van der Waals surface area (Å²) in [4.78, 5) is 20.1. The molecule has 2 aliphatic rings. The van der Waals surface area contributed by atoms with E-state index in [4.69, 9.17) is 11.6 Å². The highest BCUT2D eigenvalue weighted by atomic mass is 35.5. The number of rotatable bonds is 3. The van der Waals surface area contributed by atoms with Crippen LogP contribution in [0.4, 0.5) is 0 Å². The van der Waals surface area contributed by atoms with Crippen molar-refractivity contribution in [2.75, 3.05) is 0 Å². The molecule has 2 aliphatic carbocycles. The molecule has 18 heavy (non-hydrogen) atoms. The van der Waals surface area contributed by atoms with Gasteiger partial charge in [-0.2, -0.15) is 0 Å². The first-order chi connectivity index (χ1) is 8.74. The fourth-order valence-electron chi connectivity index (χ4n) is 2.87. The van der Waals surface area contributed by atoms with E-state index in [0.717, 1.165) is 24.7 Å². The van der Waals surface area contributed by atoms with E-state index in [1.54, 1.807) is 12.4 Å². The molecule has 0 saturated heterocycles. The molecule has 0 aliphatic heterocycles. The first-order valence-corrected chi connectivity index (χ1v) is 6.85. The fourth-order valence-corrected chi connectivity index (χ4v) is 3.04. The minimum atomic E-state index is 0.141. The summed E-state index contributed by atoms with van der Waals surface area (Å²) in [5, 5.41) is 3.29. The van der Waals surface area contributed by atoms with E-state index in [2.05, 4.69) is 15.3 Å². The number of amides is 1. The molecule has 3 unspecified atom stereocenters. The zero-order chi connectivity index (χ0) is 12.5. The van der Waals surface area contributed by atoms with Crippen LogP contribution in [-0.4, -0.2) is 15.9 Å². The molecule has 1 amide bonds. The third-order valence-corrected chi connectivity index (χ3v) is 4.38. The Morgan fingerprint density at radius 3 is 2.89 bits per heavy atom. The van der Waals surface area contributed by atoms with Crippen LogP contribution in [0.1, 0.15) is 31.4 Å². The van der Waals surface area contributed by atoms with E-state index in [0.29, 0.717) is 17.4 Å². The summed E-state index contributed by atoms with van der Waals surface area (Å²) in [7, 11) is 0. The Bertz CT molecular complexity index is 465. The van der Waals surface area contributed by atoms with Crippen molar-refractivity contribution in [1.82, 2.24) is 15.3 Å². The molecule has 3 atom stereocenters. The predicted molar refractivity (Wildman–Crippen MR) is 67.8 cm³/mol. The highest BCUT2D eigenvalue weighted by Gasteiger charge is 2.43. The molecule has 2 saturated carbocycles. The number of aromatic nitrogens is 2. The lowest BCUT2D eigenvalue weighted by molar-refractivity contribution is -0.126. The Kier molecular flexibility index (Phi) is 3.20. The van der Waals surface area contributed by atoms with Crippen LogP contribution in [0.5, 0.6) is 0 Å². The number of nitrogens with one attached hydrogen (secondary N) is 1.